The van der Waals surface area contributed by atoms with Crippen molar-refractivity contribution in [2.45, 2.75) is 20.8 Å². The number of allylic oxidation sites excluding steroid dienone is 2. The Morgan fingerprint density at radius 1 is 1.44 bits per heavy atom. The van der Waals surface area contributed by atoms with Gasteiger partial charge in [-0.15, -0.1) is 0 Å². The van der Waals surface area contributed by atoms with E-state index in [0.29, 0.717) is 0 Å². The van der Waals surface area contributed by atoms with E-state index < -0.39 is 0 Å². The van der Waals surface area contributed by atoms with Gasteiger partial charge < -0.3 is 0 Å². The molecular formula is C7H11NO. The third kappa shape index (κ3) is 4.94. The Labute approximate surface area is 55.3 Å². The van der Waals surface area contributed by atoms with Crippen LogP contribution >= 0.6 is 0 Å². The Morgan fingerprint density at radius 2 is 2.00 bits per heavy atom. The van der Waals surface area contributed by atoms with E-state index in [1.807, 2.05) is 6.92 Å². The Bertz CT molecular complexity index is 156. The summed E-state index contributed by atoms with van der Waals surface area (Å²) in [5.74, 6) is 0.0399. The van der Waals surface area contributed by atoms with E-state index in [9.17, 15) is 4.79 Å². The van der Waals surface area contributed by atoms with Crippen molar-refractivity contribution in [3.8, 4) is 0 Å². The van der Waals surface area contributed by atoms with Gasteiger partial charge >= 0.3 is 0 Å². The zero-order chi connectivity index (χ0) is 7.28. The predicted molar refractivity (Wildman–Crippen MR) is 38.6 cm³/mol. The van der Waals surface area contributed by atoms with Gasteiger partial charge in [-0.1, -0.05) is 0 Å². The quantitative estimate of drug-likeness (QED) is 0.407. The van der Waals surface area contributed by atoms with Crippen LogP contribution in [0.15, 0.2) is 16.8 Å². The average Bonchev–Trinajstić information content (AvgIpc) is 1.63. The lowest BCUT2D eigenvalue weighted by molar-refractivity contribution is -0.112. The molecule has 0 saturated heterocycles. The Morgan fingerprint density at radius 3 is 2.33 bits per heavy atom. The minimum atomic E-state index is 0.0399. The third-order valence-electron chi connectivity index (χ3n) is 0.745. The molecule has 0 aliphatic carbocycles. The van der Waals surface area contributed by atoms with Crippen LogP contribution in [0.25, 0.3) is 0 Å². The maximum absolute atomic E-state index is 10.4. The van der Waals surface area contributed by atoms with Gasteiger partial charge in [0.2, 0.25) is 0 Å². The molecule has 0 rings (SSSR count). The molecule has 0 aliphatic rings. The number of aliphatic imine (C=N–C) groups is 1. The van der Waals surface area contributed by atoms with Crippen LogP contribution < -0.4 is 0 Å². The van der Waals surface area contributed by atoms with Crippen LogP contribution in [0.5, 0.6) is 0 Å². The van der Waals surface area contributed by atoms with Crippen LogP contribution in [-0.4, -0.2) is 12.0 Å². The summed E-state index contributed by atoms with van der Waals surface area (Å²) in [4.78, 5) is 14.3. The standard InChI is InChI=1S/C7H11NO/c1-4-8-6(2)5-7(3)9/h4-5H,1-3H3. The van der Waals surface area contributed by atoms with Gasteiger partial charge in [0.05, 0.1) is 0 Å². The Balaban J connectivity index is 4.00. The number of carbonyl (C=O) groups excluding carboxylic acids is 1. The van der Waals surface area contributed by atoms with Crippen molar-refractivity contribution in [3.63, 3.8) is 0 Å². The predicted octanol–water partition coefficient (Wildman–Crippen LogP) is 1.57. The van der Waals surface area contributed by atoms with Crippen molar-refractivity contribution in [2.75, 3.05) is 0 Å². The highest BCUT2D eigenvalue weighted by Crippen LogP contribution is 1.91. The molecule has 0 aromatic heterocycles. The highest BCUT2D eigenvalue weighted by Gasteiger charge is 1.84. The maximum Gasteiger partial charge on any atom is 0.154 e. The van der Waals surface area contributed by atoms with E-state index in [2.05, 4.69) is 4.99 Å². The lowest BCUT2D eigenvalue weighted by Gasteiger charge is -1.85. The number of nitrogens with zero attached hydrogens (tertiary/aromatic N) is 1. The van der Waals surface area contributed by atoms with Crippen molar-refractivity contribution >= 4 is 12.0 Å². The second-order valence-electron chi connectivity index (χ2n) is 1.78. The lowest BCUT2D eigenvalue weighted by atomic mass is 10.3. The molecule has 0 aromatic carbocycles. The van der Waals surface area contributed by atoms with Gasteiger partial charge in [0, 0.05) is 18.0 Å². The Kier molecular flexibility index (Phi) is 3.60. The second-order valence-corrected chi connectivity index (χ2v) is 1.78. The van der Waals surface area contributed by atoms with Crippen LogP contribution in [0.4, 0.5) is 0 Å². The van der Waals surface area contributed by atoms with Gasteiger partial charge in [-0.25, -0.2) is 0 Å². The molecule has 0 amide bonds. The van der Waals surface area contributed by atoms with Crippen molar-refractivity contribution in [3.05, 3.63) is 11.8 Å². The first-order valence-corrected chi connectivity index (χ1v) is 2.84. The molecule has 0 radical (unpaired) electrons. The molecule has 2 nitrogen and oxygen atoms in total. The Hall–Kier alpha value is -0.920. The molecule has 0 atom stereocenters. The van der Waals surface area contributed by atoms with Crippen molar-refractivity contribution in [1.82, 2.24) is 0 Å². The molecule has 0 unspecified atom stereocenters. The fourth-order valence-electron chi connectivity index (χ4n) is 0.535. The minimum absolute atomic E-state index is 0.0399. The topological polar surface area (TPSA) is 29.4 Å². The number of carbonyl (C=O) groups is 1. The zero-order valence-corrected chi connectivity index (χ0v) is 6.01. The van der Waals surface area contributed by atoms with Crippen LogP contribution in [0, 0.1) is 0 Å². The molecule has 0 bridgehead atoms. The SMILES string of the molecule is CC=NC(C)=CC(C)=O. The molecular weight excluding hydrogens is 114 g/mol. The number of rotatable bonds is 2. The molecule has 50 valence electrons. The van der Waals surface area contributed by atoms with Crippen LogP contribution in [0.2, 0.25) is 0 Å². The average molecular weight is 125 g/mol. The minimum Gasteiger partial charge on any atom is -0.295 e. The fraction of sp³-hybridized carbons (Fsp3) is 0.429. The first kappa shape index (κ1) is 8.08. The van der Waals surface area contributed by atoms with Crippen LogP contribution in [0.1, 0.15) is 20.8 Å². The van der Waals surface area contributed by atoms with Crippen LogP contribution in [0.3, 0.4) is 0 Å². The molecule has 0 heterocycles. The van der Waals surface area contributed by atoms with Gasteiger partial charge in [-0.2, -0.15) is 0 Å². The van der Waals surface area contributed by atoms with Crippen molar-refractivity contribution < 1.29 is 4.79 Å². The molecule has 9 heavy (non-hydrogen) atoms. The number of hydrogen-bond acceptors (Lipinski definition) is 2. The fourth-order valence-corrected chi connectivity index (χ4v) is 0.535. The van der Waals surface area contributed by atoms with E-state index in [1.54, 1.807) is 13.1 Å². The monoisotopic (exact) mass is 125 g/mol. The van der Waals surface area contributed by atoms with Gasteiger partial charge in [-0.05, 0) is 20.8 Å². The van der Waals surface area contributed by atoms with Gasteiger partial charge in [-0.3, -0.25) is 9.79 Å². The smallest absolute Gasteiger partial charge is 0.154 e. The number of hydrogen-bond donors (Lipinski definition) is 0. The van der Waals surface area contributed by atoms with Gasteiger partial charge in [0.15, 0.2) is 5.78 Å². The molecule has 0 aromatic rings. The summed E-state index contributed by atoms with van der Waals surface area (Å²) in [5.41, 5.74) is 0.755. The normalized spacial score (nSPS) is 12.6. The summed E-state index contributed by atoms with van der Waals surface area (Å²) in [7, 11) is 0. The van der Waals surface area contributed by atoms with Crippen LogP contribution in [-0.2, 0) is 4.79 Å². The summed E-state index contributed by atoms with van der Waals surface area (Å²) in [6, 6.07) is 0. The van der Waals surface area contributed by atoms with Crippen molar-refractivity contribution in [1.29, 1.82) is 0 Å². The summed E-state index contributed by atoms with van der Waals surface area (Å²) >= 11 is 0. The summed E-state index contributed by atoms with van der Waals surface area (Å²) in [5, 5.41) is 0. The lowest BCUT2D eigenvalue weighted by Crippen LogP contribution is -1.82. The van der Waals surface area contributed by atoms with E-state index in [-0.39, 0.29) is 5.78 Å². The summed E-state index contributed by atoms with van der Waals surface area (Å²) in [6.45, 7) is 5.12. The zero-order valence-electron chi connectivity index (χ0n) is 6.01. The summed E-state index contributed by atoms with van der Waals surface area (Å²) < 4.78 is 0. The molecule has 0 aliphatic heterocycles. The number of ketones is 1. The van der Waals surface area contributed by atoms with Gasteiger partial charge in [0.25, 0.3) is 0 Å². The molecule has 0 N–H and O–H groups in total. The summed E-state index contributed by atoms with van der Waals surface area (Å²) in [6.07, 6.45) is 3.16. The highest BCUT2D eigenvalue weighted by atomic mass is 16.1. The molecule has 0 saturated carbocycles. The van der Waals surface area contributed by atoms with E-state index in [0.717, 1.165) is 5.70 Å². The largest absolute Gasteiger partial charge is 0.295 e. The first-order valence-electron chi connectivity index (χ1n) is 2.84. The van der Waals surface area contributed by atoms with E-state index in [1.165, 1.54) is 13.0 Å². The van der Waals surface area contributed by atoms with Crippen molar-refractivity contribution in [2.24, 2.45) is 4.99 Å². The van der Waals surface area contributed by atoms with E-state index in [4.69, 9.17) is 0 Å². The molecule has 0 spiro atoms. The third-order valence-corrected chi connectivity index (χ3v) is 0.745. The molecule has 0 fully saturated rings. The van der Waals surface area contributed by atoms with E-state index >= 15 is 0 Å². The second kappa shape index (κ2) is 4.01. The maximum atomic E-state index is 10.4. The highest BCUT2D eigenvalue weighted by molar-refractivity contribution is 5.88. The first-order chi connectivity index (χ1) is 4.16. The molecule has 2 heteroatoms. The van der Waals surface area contributed by atoms with Gasteiger partial charge in [0.1, 0.15) is 0 Å².